The van der Waals surface area contributed by atoms with E-state index in [1.165, 1.54) is 18.0 Å². The molecule has 0 radical (unpaired) electrons. The van der Waals surface area contributed by atoms with Gasteiger partial charge in [0.05, 0.1) is 17.2 Å². The van der Waals surface area contributed by atoms with Crippen LogP contribution in [0.4, 0.5) is 17.1 Å². The summed E-state index contributed by atoms with van der Waals surface area (Å²) in [7, 11) is 0. The van der Waals surface area contributed by atoms with Gasteiger partial charge in [-0.3, -0.25) is 14.4 Å². The van der Waals surface area contributed by atoms with E-state index < -0.39 is 5.25 Å². The molecule has 8 heteroatoms. The zero-order valence-electron chi connectivity index (χ0n) is 15.2. The van der Waals surface area contributed by atoms with Gasteiger partial charge in [0.2, 0.25) is 11.8 Å². The normalized spacial score (nSPS) is 15.2. The first-order chi connectivity index (χ1) is 14.1. The van der Waals surface area contributed by atoms with E-state index in [1.54, 1.807) is 36.4 Å². The molecule has 3 N–H and O–H groups in total. The van der Waals surface area contributed by atoms with E-state index in [2.05, 4.69) is 16.0 Å². The lowest BCUT2D eigenvalue weighted by Crippen LogP contribution is -2.32. The number of fused-ring (bicyclic) bond motifs is 1. The van der Waals surface area contributed by atoms with E-state index in [0.29, 0.717) is 11.4 Å². The average molecular weight is 407 g/mol. The molecule has 0 bridgehead atoms. The Morgan fingerprint density at radius 2 is 1.79 bits per heavy atom. The number of anilines is 3. The Labute approximate surface area is 170 Å². The van der Waals surface area contributed by atoms with Gasteiger partial charge in [0.15, 0.2) is 5.76 Å². The SMILES string of the molecule is O=C(CC1Sc2ccccc2NC1=O)Nc1cccc(NC(=O)c2ccco2)c1. The predicted octanol–water partition coefficient (Wildman–Crippen LogP) is 3.97. The molecular weight excluding hydrogens is 390 g/mol. The second-order valence-electron chi connectivity index (χ2n) is 6.36. The quantitative estimate of drug-likeness (QED) is 0.594. The van der Waals surface area contributed by atoms with Gasteiger partial charge in [-0.05, 0) is 42.5 Å². The number of hydrogen-bond acceptors (Lipinski definition) is 5. The van der Waals surface area contributed by atoms with Crippen LogP contribution >= 0.6 is 11.8 Å². The summed E-state index contributed by atoms with van der Waals surface area (Å²) in [5.41, 5.74) is 1.80. The molecule has 1 unspecified atom stereocenters. The monoisotopic (exact) mass is 407 g/mol. The first-order valence-electron chi connectivity index (χ1n) is 8.90. The van der Waals surface area contributed by atoms with Gasteiger partial charge in [-0.15, -0.1) is 11.8 Å². The zero-order valence-corrected chi connectivity index (χ0v) is 16.0. The molecule has 1 aliphatic rings. The number of nitrogens with one attached hydrogen (secondary N) is 3. The number of furan rings is 1. The third-order valence-corrected chi connectivity index (χ3v) is 5.50. The van der Waals surface area contributed by atoms with Gasteiger partial charge < -0.3 is 20.4 Å². The first-order valence-corrected chi connectivity index (χ1v) is 9.78. The second kappa shape index (κ2) is 8.24. The van der Waals surface area contributed by atoms with Gasteiger partial charge in [0, 0.05) is 22.7 Å². The van der Waals surface area contributed by atoms with Gasteiger partial charge >= 0.3 is 0 Å². The number of benzene rings is 2. The van der Waals surface area contributed by atoms with Crippen molar-refractivity contribution in [2.24, 2.45) is 0 Å². The Morgan fingerprint density at radius 3 is 2.59 bits per heavy atom. The number of carbonyl (C=O) groups is 3. The number of hydrogen-bond donors (Lipinski definition) is 3. The van der Waals surface area contributed by atoms with E-state index >= 15 is 0 Å². The minimum absolute atomic E-state index is 0.0355. The smallest absolute Gasteiger partial charge is 0.291 e. The largest absolute Gasteiger partial charge is 0.459 e. The van der Waals surface area contributed by atoms with Gasteiger partial charge in [-0.1, -0.05) is 18.2 Å². The number of rotatable bonds is 5. The predicted molar refractivity (Wildman–Crippen MR) is 111 cm³/mol. The standard InChI is InChI=1S/C21H17N3O4S/c25-19(12-18-21(27)24-15-7-1-2-9-17(15)29-18)22-13-5-3-6-14(11-13)23-20(26)16-8-4-10-28-16/h1-11,18H,12H2,(H,22,25)(H,23,26)(H,24,27). The molecule has 1 aromatic heterocycles. The molecule has 7 nitrogen and oxygen atoms in total. The highest BCUT2D eigenvalue weighted by Crippen LogP contribution is 2.36. The lowest BCUT2D eigenvalue weighted by molar-refractivity contribution is -0.120. The zero-order chi connectivity index (χ0) is 20.2. The van der Waals surface area contributed by atoms with E-state index in [-0.39, 0.29) is 29.9 Å². The number of amides is 3. The van der Waals surface area contributed by atoms with Crippen molar-refractivity contribution >= 4 is 46.5 Å². The third-order valence-electron chi connectivity index (χ3n) is 4.23. The van der Waals surface area contributed by atoms with Crippen LogP contribution in [-0.2, 0) is 9.59 Å². The highest BCUT2D eigenvalue weighted by Gasteiger charge is 2.28. The summed E-state index contributed by atoms with van der Waals surface area (Å²) in [5, 5.41) is 7.80. The lowest BCUT2D eigenvalue weighted by Gasteiger charge is -2.23. The molecule has 1 atom stereocenters. The summed E-state index contributed by atoms with van der Waals surface area (Å²) in [6.45, 7) is 0. The van der Waals surface area contributed by atoms with Crippen molar-refractivity contribution in [2.45, 2.75) is 16.6 Å². The minimum Gasteiger partial charge on any atom is -0.459 e. The Balaban J connectivity index is 1.37. The van der Waals surface area contributed by atoms with Gasteiger partial charge in [-0.25, -0.2) is 0 Å². The summed E-state index contributed by atoms with van der Waals surface area (Å²) in [6, 6.07) is 17.5. The van der Waals surface area contributed by atoms with Gasteiger partial charge in [0.1, 0.15) is 0 Å². The fourth-order valence-corrected chi connectivity index (χ4v) is 3.99. The minimum atomic E-state index is -0.508. The van der Waals surface area contributed by atoms with Crippen molar-refractivity contribution in [1.82, 2.24) is 0 Å². The molecule has 1 aliphatic heterocycles. The number of para-hydroxylation sites is 1. The van der Waals surface area contributed by atoms with Crippen LogP contribution in [0.2, 0.25) is 0 Å². The van der Waals surface area contributed by atoms with Gasteiger partial charge in [-0.2, -0.15) is 0 Å². The molecule has 0 saturated heterocycles. The van der Waals surface area contributed by atoms with Crippen LogP contribution in [0.3, 0.4) is 0 Å². The molecule has 29 heavy (non-hydrogen) atoms. The van der Waals surface area contributed by atoms with Crippen molar-refractivity contribution in [3.63, 3.8) is 0 Å². The van der Waals surface area contributed by atoms with Crippen molar-refractivity contribution in [2.75, 3.05) is 16.0 Å². The number of carbonyl (C=O) groups excluding carboxylic acids is 3. The Bertz CT molecular complexity index is 1070. The van der Waals surface area contributed by atoms with Crippen molar-refractivity contribution in [3.05, 3.63) is 72.7 Å². The van der Waals surface area contributed by atoms with E-state index in [9.17, 15) is 14.4 Å². The Morgan fingerprint density at radius 1 is 1.00 bits per heavy atom. The molecule has 2 heterocycles. The van der Waals surface area contributed by atoms with Crippen LogP contribution in [0.1, 0.15) is 17.0 Å². The Kier molecular flexibility index (Phi) is 5.35. The van der Waals surface area contributed by atoms with Crippen molar-refractivity contribution in [1.29, 1.82) is 0 Å². The fraction of sp³-hybridized carbons (Fsp3) is 0.0952. The molecular formula is C21H17N3O4S. The van der Waals surface area contributed by atoms with Crippen molar-refractivity contribution < 1.29 is 18.8 Å². The third kappa shape index (κ3) is 4.49. The molecule has 0 saturated carbocycles. The summed E-state index contributed by atoms with van der Waals surface area (Å²) in [6.07, 6.45) is 1.46. The highest BCUT2D eigenvalue weighted by atomic mass is 32.2. The van der Waals surface area contributed by atoms with Crippen LogP contribution in [-0.4, -0.2) is 23.0 Å². The summed E-state index contributed by atoms with van der Waals surface area (Å²) in [4.78, 5) is 37.7. The van der Waals surface area contributed by atoms with E-state index in [4.69, 9.17) is 4.42 Å². The van der Waals surface area contributed by atoms with Crippen LogP contribution in [0.5, 0.6) is 0 Å². The molecule has 4 rings (SSSR count). The second-order valence-corrected chi connectivity index (χ2v) is 7.60. The van der Waals surface area contributed by atoms with Crippen LogP contribution in [0.25, 0.3) is 0 Å². The number of thioether (sulfide) groups is 1. The van der Waals surface area contributed by atoms with E-state index in [0.717, 1.165) is 10.6 Å². The fourth-order valence-electron chi connectivity index (χ4n) is 2.88. The molecule has 146 valence electrons. The maximum Gasteiger partial charge on any atom is 0.291 e. The average Bonchev–Trinajstić information content (AvgIpc) is 3.24. The van der Waals surface area contributed by atoms with Crippen LogP contribution < -0.4 is 16.0 Å². The first kappa shape index (κ1) is 18.8. The van der Waals surface area contributed by atoms with Crippen LogP contribution in [0, 0.1) is 0 Å². The summed E-state index contributed by atoms with van der Waals surface area (Å²) < 4.78 is 5.06. The summed E-state index contributed by atoms with van der Waals surface area (Å²) in [5.74, 6) is -0.665. The lowest BCUT2D eigenvalue weighted by atomic mass is 10.2. The highest BCUT2D eigenvalue weighted by molar-refractivity contribution is 8.01. The molecule has 3 amide bonds. The molecule has 3 aromatic rings. The Hall–Kier alpha value is -3.52. The van der Waals surface area contributed by atoms with Crippen molar-refractivity contribution in [3.8, 4) is 0 Å². The maximum atomic E-state index is 12.5. The molecule has 0 aliphatic carbocycles. The topological polar surface area (TPSA) is 100 Å². The summed E-state index contributed by atoms with van der Waals surface area (Å²) >= 11 is 1.37. The molecule has 0 spiro atoms. The maximum absolute atomic E-state index is 12.5. The van der Waals surface area contributed by atoms with Gasteiger partial charge in [0.25, 0.3) is 5.91 Å². The van der Waals surface area contributed by atoms with Crippen LogP contribution in [0.15, 0.2) is 76.2 Å². The molecule has 0 fully saturated rings. The van der Waals surface area contributed by atoms with E-state index in [1.807, 2.05) is 24.3 Å². The molecule has 2 aromatic carbocycles.